The number of carbonyl (C=O) groups excluding carboxylic acids is 1. The summed E-state index contributed by atoms with van der Waals surface area (Å²) in [5.41, 5.74) is 4.44. The number of amides is 1. The van der Waals surface area contributed by atoms with Gasteiger partial charge in [-0.1, -0.05) is 17.3 Å². The van der Waals surface area contributed by atoms with Gasteiger partial charge in [0.15, 0.2) is 0 Å². The number of aryl methyl sites for hydroxylation is 2. The maximum absolute atomic E-state index is 13.0. The first kappa shape index (κ1) is 19.3. The van der Waals surface area contributed by atoms with Crippen LogP contribution in [0.15, 0.2) is 47.2 Å². The average molecular weight is 418 g/mol. The van der Waals surface area contributed by atoms with E-state index in [9.17, 15) is 9.90 Å². The van der Waals surface area contributed by atoms with Gasteiger partial charge in [-0.3, -0.25) is 9.20 Å². The second kappa shape index (κ2) is 7.51. The lowest BCUT2D eigenvalue weighted by molar-refractivity contribution is 0.102. The van der Waals surface area contributed by atoms with E-state index in [0.29, 0.717) is 35.3 Å². The van der Waals surface area contributed by atoms with Gasteiger partial charge < -0.3 is 19.8 Å². The number of hydrogen-bond acceptors (Lipinski definition) is 7. The minimum absolute atomic E-state index is 0.263. The van der Waals surface area contributed by atoms with E-state index in [-0.39, 0.29) is 12.0 Å². The zero-order valence-electron chi connectivity index (χ0n) is 17.2. The van der Waals surface area contributed by atoms with Crippen LogP contribution >= 0.6 is 0 Å². The molecule has 1 amide bonds. The van der Waals surface area contributed by atoms with Gasteiger partial charge in [0.1, 0.15) is 11.3 Å². The third-order valence-corrected chi connectivity index (χ3v) is 5.53. The molecule has 4 aromatic rings. The van der Waals surface area contributed by atoms with Crippen molar-refractivity contribution in [3.8, 4) is 11.4 Å². The average Bonchev–Trinajstić information content (AvgIpc) is 3.48. The largest absolute Gasteiger partial charge is 0.391 e. The summed E-state index contributed by atoms with van der Waals surface area (Å²) in [4.78, 5) is 23.8. The number of aromatic nitrogens is 4. The quantitative estimate of drug-likeness (QED) is 0.524. The van der Waals surface area contributed by atoms with Crippen molar-refractivity contribution < 1.29 is 14.4 Å². The lowest BCUT2D eigenvalue weighted by Gasteiger charge is -2.17. The van der Waals surface area contributed by atoms with Crippen LogP contribution in [0.1, 0.15) is 28.4 Å². The van der Waals surface area contributed by atoms with Gasteiger partial charge in [-0.15, -0.1) is 0 Å². The number of imidazole rings is 1. The van der Waals surface area contributed by atoms with E-state index in [4.69, 9.17) is 4.52 Å². The molecule has 31 heavy (non-hydrogen) atoms. The highest BCUT2D eigenvalue weighted by atomic mass is 16.5. The number of β-amino-alcohol motifs (C(OH)–C–C–N with tert-alkyl or cyclic N) is 1. The van der Waals surface area contributed by atoms with Crippen molar-refractivity contribution in [3.05, 3.63) is 59.9 Å². The zero-order valence-corrected chi connectivity index (χ0v) is 17.2. The van der Waals surface area contributed by atoms with Crippen LogP contribution in [0.5, 0.6) is 0 Å². The fourth-order valence-corrected chi connectivity index (χ4v) is 3.81. The Morgan fingerprint density at radius 1 is 1.26 bits per heavy atom. The summed E-state index contributed by atoms with van der Waals surface area (Å²) < 4.78 is 6.81. The van der Waals surface area contributed by atoms with E-state index in [2.05, 4.69) is 25.3 Å². The van der Waals surface area contributed by atoms with Gasteiger partial charge in [0.25, 0.3) is 5.91 Å². The number of aliphatic hydroxyl groups excluding tert-OH is 1. The van der Waals surface area contributed by atoms with Crippen LogP contribution in [0, 0.1) is 13.8 Å². The molecule has 0 saturated carbocycles. The van der Waals surface area contributed by atoms with Crippen molar-refractivity contribution in [2.75, 3.05) is 23.3 Å². The molecule has 0 unspecified atom stereocenters. The van der Waals surface area contributed by atoms with Crippen LogP contribution in [-0.2, 0) is 0 Å². The first-order valence-electron chi connectivity index (χ1n) is 10.1. The molecule has 9 heteroatoms. The summed E-state index contributed by atoms with van der Waals surface area (Å²) >= 11 is 0. The lowest BCUT2D eigenvalue weighted by atomic mass is 10.1. The minimum Gasteiger partial charge on any atom is -0.391 e. The van der Waals surface area contributed by atoms with Crippen LogP contribution in [-0.4, -0.2) is 49.7 Å². The molecule has 0 radical (unpaired) electrons. The molecule has 5 rings (SSSR count). The highest BCUT2D eigenvalue weighted by Gasteiger charge is 2.21. The third-order valence-electron chi connectivity index (χ3n) is 5.53. The highest BCUT2D eigenvalue weighted by molar-refractivity contribution is 6.04. The number of benzene rings is 1. The molecule has 0 spiro atoms. The Labute approximate surface area is 178 Å². The molecule has 1 aliphatic rings. The number of hydrogen-bond donors (Lipinski definition) is 2. The van der Waals surface area contributed by atoms with Crippen LogP contribution in [0.3, 0.4) is 0 Å². The van der Waals surface area contributed by atoms with Crippen LogP contribution in [0.4, 0.5) is 11.4 Å². The molecule has 9 nitrogen and oxygen atoms in total. The fourth-order valence-electron chi connectivity index (χ4n) is 3.81. The Balaban J connectivity index is 1.40. The van der Waals surface area contributed by atoms with E-state index in [0.717, 1.165) is 29.8 Å². The van der Waals surface area contributed by atoms with Gasteiger partial charge in [0, 0.05) is 49.2 Å². The smallest absolute Gasteiger partial charge is 0.274 e. The Hall–Kier alpha value is -3.72. The van der Waals surface area contributed by atoms with Crippen LogP contribution in [0.2, 0.25) is 0 Å². The summed E-state index contributed by atoms with van der Waals surface area (Å²) in [6, 6.07) is 9.49. The summed E-state index contributed by atoms with van der Waals surface area (Å²) in [6.07, 6.45) is 3.86. The summed E-state index contributed by atoms with van der Waals surface area (Å²) in [5, 5.41) is 16.7. The topological polar surface area (TPSA) is 109 Å². The first-order chi connectivity index (χ1) is 15.0. The normalized spacial score (nSPS) is 16.2. The number of fused-ring (bicyclic) bond motifs is 1. The summed E-state index contributed by atoms with van der Waals surface area (Å²) in [7, 11) is 0. The molecular formula is C22H22N6O3. The first-order valence-corrected chi connectivity index (χ1v) is 10.1. The standard InChI is InChI=1S/C22H22N6O3/c1-13-3-4-15(21-24-14(2)31-26-21)9-18(13)25-22(30)19-11-23-20-10-16(5-8-28(19)20)27-7-6-17(29)12-27/h3-5,8-11,17,29H,6-7,12H2,1-2H3,(H,25,30)/t17-/m1/s1. The van der Waals surface area contributed by atoms with Crippen molar-refractivity contribution in [1.82, 2.24) is 19.5 Å². The van der Waals surface area contributed by atoms with Gasteiger partial charge in [-0.25, -0.2) is 4.98 Å². The number of rotatable bonds is 4. The van der Waals surface area contributed by atoms with E-state index < -0.39 is 0 Å². The zero-order chi connectivity index (χ0) is 21.5. The Kier molecular flexibility index (Phi) is 4.67. The van der Waals surface area contributed by atoms with Crippen molar-refractivity contribution in [2.24, 2.45) is 0 Å². The predicted molar refractivity (Wildman–Crippen MR) is 115 cm³/mol. The van der Waals surface area contributed by atoms with E-state index >= 15 is 0 Å². The highest BCUT2D eigenvalue weighted by Crippen LogP contribution is 2.25. The minimum atomic E-state index is -0.298. The molecule has 1 aliphatic heterocycles. The number of pyridine rings is 1. The monoisotopic (exact) mass is 418 g/mol. The van der Waals surface area contributed by atoms with Crippen molar-refractivity contribution in [1.29, 1.82) is 0 Å². The predicted octanol–water partition coefficient (Wildman–Crippen LogP) is 2.82. The second-order valence-corrected chi connectivity index (χ2v) is 7.77. The molecule has 158 valence electrons. The van der Waals surface area contributed by atoms with Crippen molar-refractivity contribution in [3.63, 3.8) is 0 Å². The molecule has 0 bridgehead atoms. The molecule has 1 fully saturated rings. The Bertz CT molecular complexity index is 1280. The van der Waals surface area contributed by atoms with Crippen LogP contribution < -0.4 is 10.2 Å². The van der Waals surface area contributed by atoms with Gasteiger partial charge in [0.05, 0.1) is 12.3 Å². The maximum Gasteiger partial charge on any atom is 0.274 e. The molecule has 3 aromatic heterocycles. The lowest BCUT2D eigenvalue weighted by Crippen LogP contribution is -2.21. The SMILES string of the molecule is Cc1nc(-c2ccc(C)c(NC(=O)c3cnc4cc(N5CC[C@@H](O)C5)ccn34)c2)no1. The number of nitrogens with zero attached hydrogens (tertiary/aromatic N) is 5. The van der Waals surface area contributed by atoms with Gasteiger partial charge in [-0.05, 0) is 31.0 Å². The number of aliphatic hydroxyl groups is 1. The van der Waals surface area contributed by atoms with Crippen molar-refractivity contribution >= 4 is 22.9 Å². The summed E-state index contributed by atoms with van der Waals surface area (Å²) in [6.45, 7) is 5.07. The van der Waals surface area contributed by atoms with E-state index in [1.54, 1.807) is 17.5 Å². The maximum atomic E-state index is 13.0. The van der Waals surface area contributed by atoms with Gasteiger partial charge in [-0.2, -0.15) is 4.98 Å². The fraction of sp³-hybridized carbons (Fsp3) is 0.273. The van der Waals surface area contributed by atoms with Crippen molar-refractivity contribution in [2.45, 2.75) is 26.4 Å². The number of carbonyl (C=O) groups is 1. The molecule has 0 aliphatic carbocycles. The van der Waals surface area contributed by atoms with Gasteiger partial charge in [0.2, 0.25) is 11.7 Å². The molecular weight excluding hydrogens is 396 g/mol. The molecule has 4 heterocycles. The van der Waals surface area contributed by atoms with E-state index in [1.165, 1.54) is 0 Å². The molecule has 2 N–H and O–H groups in total. The summed E-state index contributed by atoms with van der Waals surface area (Å²) in [5.74, 6) is 0.693. The van der Waals surface area contributed by atoms with Gasteiger partial charge >= 0.3 is 0 Å². The third kappa shape index (κ3) is 3.64. The molecule has 1 atom stereocenters. The molecule has 1 aromatic carbocycles. The van der Waals surface area contributed by atoms with Crippen LogP contribution in [0.25, 0.3) is 17.0 Å². The van der Waals surface area contributed by atoms with E-state index in [1.807, 2.05) is 43.5 Å². The Morgan fingerprint density at radius 3 is 2.87 bits per heavy atom. The number of anilines is 2. The second-order valence-electron chi connectivity index (χ2n) is 7.77. The number of nitrogens with one attached hydrogen (secondary N) is 1. The Morgan fingerprint density at radius 2 is 2.13 bits per heavy atom. The molecule has 1 saturated heterocycles.